The van der Waals surface area contributed by atoms with E-state index < -0.39 is 11.4 Å². The zero-order valence-corrected chi connectivity index (χ0v) is 13.9. The minimum absolute atomic E-state index is 0.374. The van der Waals surface area contributed by atoms with Crippen LogP contribution in [0.15, 0.2) is 39.9 Å². The molecule has 0 saturated heterocycles. The number of hydrogen-bond donors (Lipinski definition) is 0. The maximum atomic E-state index is 12.2. The van der Waals surface area contributed by atoms with Gasteiger partial charge in [-0.3, -0.25) is 4.98 Å². The number of rotatable bonds is 5. The van der Waals surface area contributed by atoms with Gasteiger partial charge in [-0.05, 0) is 61.7 Å². The molecule has 104 valence electrons. The Morgan fingerprint density at radius 1 is 1.58 bits per heavy atom. The lowest BCUT2D eigenvalue weighted by atomic mass is 10.1. The van der Waals surface area contributed by atoms with Gasteiger partial charge in [0, 0.05) is 10.7 Å². The van der Waals surface area contributed by atoms with Gasteiger partial charge in [-0.15, -0.1) is 6.58 Å². The molecule has 0 aliphatic carbocycles. The van der Waals surface area contributed by atoms with E-state index in [1.807, 2.05) is 39.0 Å². The van der Waals surface area contributed by atoms with Crippen molar-refractivity contribution in [3.8, 4) is 0 Å². The maximum absolute atomic E-state index is 12.2. The van der Waals surface area contributed by atoms with E-state index in [1.165, 1.54) is 0 Å². The number of allylic oxidation sites excluding steroid dienone is 1. The third kappa shape index (κ3) is 5.09. The molecule has 5 heteroatoms. The Hall–Kier alpha value is -0.650. The van der Waals surface area contributed by atoms with Crippen LogP contribution in [0.1, 0.15) is 39.3 Å². The summed E-state index contributed by atoms with van der Waals surface area (Å²) in [5.74, 6) is 0. The number of halogens is 1. The van der Waals surface area contributed by atoms with Crippen LogP contribution >= 0.6 is 15.9 Å². The Morgan fingerprint density at radius 3 is 2.79 bits per heavy atom. The van der Waals surface area contributed by atoms with Crippen LogP contribution in [0, 0.1) is 0 Å². The summed E-state index contributed by atoms with van der Waals surface area (Å²) in [6.07, 6.45) is 5.00. The lowest BCUT2D eigenvalue weighted by Crippen LogP contribution is -2.27. The van der Waals surface area contributed by atoms with Crippen molar-refractivity contribution in [2.24, 2.45) is 4.40 Å². The van der Waals surface area contributed by atoms with E-state index in [0.717, 1.165) is 22.3 Å². The smallest absolute Gasteiger partial charge is 0.144 e. The fourth-order valence-electron chi connectivity index (χ4n) is 1.28. The fourth-order valence-corrected chi connectivity index (χ4v) is 2.42. The Kier molecular flexibility index (Phi) is 6.23. The van der Waals surface area contributed by atoms with Gasteiger partial charge in [-0.25, -0.2) is 0 Å². The Balaban J connectivity index is 3.11. The first-order chi connectivity index (χ1) is 8.86. The Bertz CT molecular complexity index is 469. The molecule has 0 amide bonds. The molecule has 19 heavy (non-hydrogen) atoms. The van der Waals surface area contributed by atoms with E-state index in [1.54, 1.807) is 6.20 Å². The number of nitrogens with zero attached hydrogens (tertiary/aromatic N) is 2. The lowest BCUT2D eigenvalue weighted by molar-refractivity contribution is 0.561. The highest BCUT2D eigenvalue weighted by Gasteiger charge is 2.27. The second-order valence-electron chi connectivity index (χ2n) is 5.06. The van der Waals surface area contributed by atoms with Crippen molar-refractivity contribution < 1.29 is 4.55 Å². The summed E-state index contributed by atoms with van der Waals surface area (Å²) in [4.78, 5) is 4.32. The summed E-state index contributed by atoms with van der Waals surface area (Å²) in [6, 6.07) is 3.76. The largest absolute Gasteiger partial charge is 0.591 e. The van der Waals surface area contributed by atoms with E-state index in [2.05, 4.69) is 31.9 Å². The molecule has 0 bridgehead atoms. The normalized spacial score (nSPS) is 14.3. The van der Waals surface area contributed by atoms with Gasteiger partial charge in [0.25, 0.3) is 0 Å². The highest BCUT2D eigenvalue weighted by Crippen LogP contribution is 2.22. The molecule has 0 radical (unpaired) electrons. The summed E-state index contributed by atoms with van der Waals surface area (Å²) in [7, 11) is 0. The van der Waals surface area contributed by atoms with Crippen LogP contribution in [0.4, 0.5) is 0 Å². The van der Waals surface area contributed by atoms with Crippen LogP contribution in [-0.4, -0.2) is 20.0 Å². The molecule has 1 heterocycles. The second-order valence-corrected chi connectivity index (χ2v) is 7.82. The molecule has 0 aliphatic heterocycles. The van der Waals surface area contributed by atoms with Crippen molar-refractivity contribution >= 4 is 33.0 Å². The second kappa shape index (κ2) is 7.22. The lowest BCUT2D eigenvalue weighted by Gasteiger charge is -2.19. The number of aromatic nitrogens is 1. The minimum atomic E-state index is -1.29. The molecule has 1 aromatic rings. The molecular weight excluding hydrogens is 324 g/mol. The first kappa shape index (κ1) is 16.4. The van der Waals surface area contributed by atoms with Crippen molar-refractivity contribution in [1.29, 1.82) is 0 Å². The van der Waals surface area contributed by atoms with Crippen LogP contribution in [-0.2, 0) is 11.4 Å². The monoisotopic (exact) mass is 342 g/mol. The minimum Gasteiger partial charge on any atom is -0.591 e. The average molecular weight is 343 g/mol. The van der Waals surface area contributed by atoms with Crippen molar-refractivity contribution in [2.75, 3.05) is 0 Å². The first-order valence-electron chi connectivity index (χ1n) is 6.07. The predicted octanol–water partition coefficient (Wildman–Crippen LogP) is 4.06. The van der Waals surface area contributed by atoms with Gasteiger partial charge in [0.05, 0.1) is 0 Å². The fraction of sp³-hybridized carbons (Fsp3) is 0.429. The number of pyridine rings is 1. The van der Waals surface area contributed by atoms with Gasteiger partial charge in [0.1, 0.15) is 27.5 Å². The highest BCUT2D eigenvalue weighted by atomic mass is 79.9. The van der Waals surface area contributed by atoms with E-state index in [-0.39, 0.29) is 4.75 Å². The SMILES string of the molecule is C=CCCC(=N[S@@+]([O-])C(C)(C)C)c1ncccc1Br. The zero-order chi connectivity index (χ0) is 14.5. The molecule has 0 fully saturated rings. The van der Waals surface area contributed by atoms with Crippen molar-refractivity contribution in [2.45, 2.75) is 38.4 Å². The van der Waals surface area contributed by atoms with E-state index in [9.17, 15) is 4.55 Å². The average Bonchev–Trinajstić information content (AvgIpc) is 2.34. The van der Waals surface area contributed by atoms with E-state index >= 15 is 0 Å². The van der Waals surface area contributed by atoms with Crippen LogP contribution in [0.2, 0.25) is 0 Å². The summed E-state index contributed by atoms with van der Waals surface area (Å²) >= 11 is 2.17. The third-order valence-corrected chi connectivity index (χ3v) is 4.41. The van der Waals surface area contributed by atoms with Crippen molar-refractivity contribution in [3.63, 3.8) is 0 Å². The number of hydrogen-bond acceptors (Lipinski definition) is 3. The van der Waals surface area contributed by atoms with Crippen LogP contribution < -0.4 is 0 Å². The van der Waals surface area contributed by atoms with Gasteiger partial charge >= 0.3 is 0 Å². The molecule has 0 saturated carbocycles. The molecule has 0 spiro atoms. The van der Waals surface area contributed by atoms with Crippen molar-refractivity contribution in [1.82, 2.24) is 4.98 Å². The van der Waals surface area contributed by atoms with Gasteiger partial charge in [0.15, 0.2) is 0 Å². The van der Waals surface area contributed by atoms with Gasteiger partial charge in [-0.1, -0.05) is 10.5 Å². The summed E-state index contributed by atoms with van der Waals surface area (Å²) in [5.41, 5.74) is 1.50. The topological polar surface area (TPSA) is 48.3 Å². The highest BCUT2D eigenvalue weighted by molar-refractivity contribution is 9.10. The molecule has 3 nitrogen and oxygen atoms in total. The summed E-state index contributed by atoms with van der Waals surface area (Å²) in [5, 5.41) is 0. The molecular formula is C14H19BrN2OS. The standard InChI is InChI=1S/C14H19BrN2OS/c1-5-6-9-12(17-19(18)14(2,3)4)13-11(15)8-7-10-16-13/h5,7-8,10H,1,6,9H2,2-4H3/t19-/m0/s1. The molecule has 0 unspecified atom stereocenters. The molecule has 1 atom stereocenters. The predicted molar refractivity (Wildman–Crippen MR) is 85.8 cm³/mol. The van der Waals surface area contributed by atoms with Crippen LogP contribution in [0.5, 0.6) is 0 Å². The molecule has 0 N–H and O–H groups in total. The Labute approximate surface area is 126 Å². The van der Waals surface area contributed by atoms with Crippen molar-refractivity contribution in [3.05, 3.63) is 41.2 Å². The molecule has 0 aromatic carbocycles. The first-order valence-corrected chi connectivity index (χ1v) is 7.97. The molecule has 1 rings (SSSR count). The third-order valence-electron chi connectivity index (χ3n) is 2.33. The van der Waals surface area contributed by atoms with Gasteiger partial charge in [0.2, 0.25) is 0 Å². The zero-order valence-electron chi connectivity index (χ0n) is 11.5. The quantitative estimate of drug-likeness (QED) is 0.460. The Morgan fingerprint density at radius 2 is 2.26 bits per heavy atom. The van der Waals surface area contributed by atoms with E-state index in [0.29, 0.717) is 6.42 Å². The summed E-state index contributed by atoms with van der Waals surface area (Å²) in [6.45, 7) is 9.44. The maximum Gasteiger partial charge on any atom is 0.144 e. The molecule has 1 aromatic heterocycles. The van der Waals surface area contributed by atoms with Gasteiger partial charge in [-0.2, -0.15) is 0 Å². The summed E-state index contributed by atoms with van der Waals surface area (Å²) < 4.78 is 17.0. The van der Waals surface area contributed by atoms with Gasteiger partial charge < -0.3 is 4.55 Å². The molecule has 0 aliphatic rings. The van der Waals surface area contributed by atoms with Crippen LogP contribution in [0.25, 0.3) is 0 Å². The van der Waals surface area contributed by atoms with E-state index in [4.69, 9.17) is 0 Å². The van der Waals surface area contributed by atoms with Crippen LogP contribution in [0.3, 0.4) is 0 Å².